The van der Waals surface area contributed by atoms with Gasteiger partial charge in [-0.1, -0.05) is 0 Å². The van der Waals surface area contributed by atoms with Gasteiger partial charge in [-0.3, -0.25) is 0 Å². The molecule has 0 aromatic carbocycles. The molecule has 6 saturated heterocycles. The predicted molar refractivity (Wildman–Crippen MR) is 73.8 cm³/mol. The van der Waals surface area contributed by atoms with Crippen molar-refractivity contribution < 1.29 is 83.0 Å². The van der Waals surface area contributed by atoms with Crippen LogP contribution in [0.2, 0.25) is 6.55 Å². The molecule has 0 aliphatic carbocycles. The molecule has 4 unspecified atom stereocenters. The fourth-order valence-corrected chi connectivity index (χ4v) is 32.6. The molecule has 27 heteroatoms. The maximum absolute atomic E-state index is 12.9. The van der Waals surface area contributed by atoms with Crippen molar-refractivity contribution in [2.45, 2.75) is 6.55 Å². The van der Waals surface area contributed by atoms with E-state index < -0.39 is 72.1 Å². The van der Waals surface area contributed by atoms with E-state index in [0.29, 0.717) is 0 Å². The van der Waals surface area contributed by atoms with Gasteiger partial charge in [-0.25, -0.2) is 0 Å². The summed E-state index contributed by atoms with van der Waals surface area (Å²) in [5, 5.41) is 0. The Morgan fingerprint density at radius 3 is 1.07 bits per heavy atom. The van der Waals surface area contributed by atoms with Crippen LogP contribution in [-0.4, -0.2) is 91.3 Å². The Balaban J connectivity index is 1.79. The van der Waals surface area contributed by atoms with Crippen LogP contribution in [0, 0.1) is 0 Å². The summed E-state index contributed by atoms with van der Waals surface area (Å²) in [6, 6.07) is 0. The number of rotatable bonds is 0. The van der Waals surface area contributed by atoms with E-state index in [0.717, 1.165) is 6.55 Å². The highest BCUT2D eigenvalue weighted by atomic mass is 28.6. The molecule has 0 radical (unpaired) electrons. The first-order valence-corrected chi connectivity index (χ1v) is 20.7. The van der Waals surface area contributed by atoms with Gasteiger partial charge < -0.3 is 83.0 Å². The molecular formula is CH7O19Si8-3. The van der Waals surface area contributed by atoms with Crippen LogP contribution >= 0.6 is 0 Å². The summed E-state index contributed by atoms with van der Waals surface area (Å²) in [6.07, 6.45) is 0. The molecule has 0 aromatic heterocycles. The highest BCUT2D eigenvalue weighted by molar-refractivity contribution is 6.96. The van der Waals surface area contributed by atoms with Crippen molar-refractivity contribution in [2.75, 3.05) is 0 Å². The standard InChI is InChI=1S/CH7O19Si8/c1-21-9-22(2)12-25(5)14-23(3,10-21)16-27(7)17-24(4,11-21)15-26(6,13-22)19-28(8,18-25)20-27/h2,5-6,8H,1H3/q-3. The Bertz CT molecular complexity index is 476. The van der Waals surface area contributed by atoms with Gasteiger partial charge in [-0.15, -0.1) is 0 Å². The van der Waals surface area contributed by atoms with Gasteiger partial charge in [0.05, 0.1) is 0 Å². The van der Waals surface area contributed by atoms with E-state index in [4.69, 9.17) is 28.8 Å². The summed E-state index contributed by atoms with van der Waals surface area (Å²) < 4.78 is 57.1. The highest BCUT2D eigenvalue weighted by Crippen LogP contribution is 2.42. The van der Waals surface area contributed by atoms with Gasteiger partial charge in [0, 0.05) is 6.55 Å². The lowest BCUT2D eigenvalue weighted by Crippen LogP contribution is -2.93. The Morgan fingerprint density at radius 2 is 0.714 bits per heavy atom. The first-order valence-electron chi connectivity index (χ1n) is 6.91. The molecule has 19 nitrogen and oxygen atoms in total. The minimum absolute atomic E-state index is 0.874. The summed E-state index contributed by atoms with van der Waals surface area (Å²) in [6.45, 7) is 0.874. The zero-order chi connectivity index (χ0) is 20.5. The van der Waals surface area contributed by atoms with Gasteiger partial charge in [0.25, 0.3) is 0 Å². The molecule has 6 rings (SSSR count). The molecule has 8 bridgehead atoms. The molecule has 28 heavy (non-hydrogen) atoms. The molecule has 6 aliphatic rings. The SMILES string of the molecule is C[Si]12O[Si]3([O-])O[Si]4([O-])O[Si]([O-])(O1)O[Si]1(O)O[Si](O)(O2)O[Si](O)(O3)O[Si](O)(O4)O1. The highest BCUT2D eigenvalue weighted by Gasteiger charge is 2.80. The van der Waals surface area contributed by atoms with Crippen LogP contribution in [0.4, 0.5) is 0 Å². The zero-order valence-electron chi connectivity index (χ0n) is 12.9. The molecule has 6 heterocycles. The molecule has 6 fully saturated rings. The van der Waals surface area contributed by atoms with Crippen LogP contribution < -0.4 is 14.4 Å². The molecule has 4 N–H and O–H groups in total. The lowest BCUT2D eigenvalue weighted by Gasteiger charge is -2.62. The van der Waals surface area contributed by atoms with Crippen LogP contribution in [-0.2, 0) is 49.4 Å². The van der Waals surface area contributed by atoms with Crippen molar-refractivity contribution in [1.29, 1.82) is 0 Å². The van der Waals surface area contributed by atoms with Crippen LogP contribution in [0.1, 0.15) is 0 Å². The van der Waals surface area contributed by atoms with Crippen LogP contribution in [0.25, 0.3) is 0 Å². The third-order valence-corrected chi connectivity index (χ3v) is 29.1. The van der Waals surface area contributed by atoms with Crippen molar-refractivity contribution in [3.8, 4) is 0 Å². The first-order chi connectivity index (χ1) is 12.5. The van der Waals surface area contributed by atoms with E-state index in [-0.39, 0.29) is 0 Å². The second kappa shape index (κ2) is 5.48. The number of hydrogen-bond acceptors (Lipinski definition) is 19. The average Bonchev–Trinajstić information content (AvgIpc) is 2.22. The first kappa shape index (κ1) is 20.9. The smallest absolute Gasteiger partial charge is 0.657 e. The molecule has 4 atom stereocenters. The topological polar surface area (TPSA) is 261 Å². The third kappa shape index (κ3) is 3.42. The van der Waals surface area contributed by atoms with Gasteiger partial charge in [0.2, 0.25) is 0 Å². The molecule has 160 valence electrons. The van der Waals surface area contributed by atoms with Gasteiger partial charge in [-0.05, 0) is 0 Å². The Kier molecular flexibility index (Phi) is 4.08. The Labute approximate surface area is 162 Å². The fourth-order valence-electron chi connectivity index (χ4n) is 2.62. The van der Waals surface area contributed by atoms with Crippen molar-refractivity contribution >= 4 is 72.1 Å². The second-order valence-electron chi connectivity index (χ2n) is 5.68. The summed E-state index contributed by atoms with van der Waals surface area (Å²) in [5.41, 5.74) is 0. The van der Waals surface area contributed by atoms with Gasteiger partial charge in [-0.2, -0.15) is 0 Å². The predicted octanol–water partition coefficient (Wildman–Crippen LogP) is -9.08. The van der Waals surface area contributed by atoms with E-state index in [1.807, 2.05) is 0 Å². The van der Waals surface area contributed by atoms with Crippen molar-refractivity contribution in [2.24, 2.45) is 0 Å². The molecule has 0 amide bonds. The van der Waals surface area contributed by atoms with Crippen LogP contribution in [0.5, 0.6) is 0 Å². The maximum Gasteiger partial charge on any atom is 0.657 e. The van der Waals surface area contributed by atoms with Gasteiger partial charge >= 0.3 is 72.1 Å². The summed E-state index contributed by atoms with van der Waals surface area (Å²) >= 11 is 0. The van der Waals surface area contributed by atoms with E-state index in [1.54, 1.807) is 0 Å². The second-order valence-corrected chi connectivity index (χ2v) is 24.4. The van der Waals surface area contributed by atoms with Crippen LogP contribution in [0.3, 0.4) is 0 Å². The number of hydrogen-bond donors (Lipinski definition) is 4. The molecule has 0 saturated carbocycles. The van der Waals surface area contributed by atoms with Crippen molar-refractivity contribution in [3.63, 3.8) is 0 Å². The minimum atomic E-state index is -5.81. The van der Waals surface area contributed by atoms with Gasteiger partial charge in [0.15, 0.2) is 0 Å². The molecule has 0 spiro atoms. The van der Waals surface area contributed by atoms with E-state index in [2.05, 4.69) is 20.6 Å². The van der Waals surface area contributed by atoms with E-state index in [9.17, 15) is 33.6 Å². The van der Waals surface area contributed by atoms with Crippen molar-refractivity contribution in [3.05, 3.63) is 0 Å². The Morgan fingerprint density at radius 1 is 0.429 bits per heavy atom. The normalized spacial score (nSPS) is 66.0. The minimum Gasteiger partial charge on any atom is -0.795 e. The lowest BCUT2D eigenvalue weighted by atomic mass is 11.9. The van der Waals surface area contributed by atoms with Crippen LogP contribution in [0.15, 0.2) is 0 Å². The summed E-state index contributed by atoms with van der Waals surface area (Å²) in [5.74, 6) is 0. The molecular weight excluding hydrogens is 541 g/mol. The largest absolute Gasteiger partial charge is 0.795 e. The van der Waals surface area contributed by atoms with Gasteiger partial charge in [0.1, 0.15) is 0 Å². The van der Waals surface area contributed by atoms with Crippen molar-refractivity contribution in [1.82, 2.24) is 0 Å². The molecule has 0 aromatic rings. The monoisotopic (exact) mass is 547 g/mol. The zero-order valence-corrected chi connectivity index (χ0v) is 20.9. The fraction of sp³-hybridized carbons (Fsp3) is 1.00. The lowest BCUT2D eigenvalue weighted by molar-refractivity contribution is -0.364. The maximum atomic E-state index is 12.9. The summed E-state index contributed by atoms with van der Waals surface area (Å²) in [4.78, 5) is 80.4. The quantitative estimate of drug-likeness (QED) is 0.205. The van der Waals surface area contributed by atoms with E-state index in [1.165, 1.54) is 0 Å². The average molecular weight is 548 g/mol. The molecule has 6 aliphatic heterocycles. The Hall–Kier alpha value is 0.975. The van der Waals surface area contributed by atoms with E-state index >= 15 is 0 Å². The third-order valence-electron chi connectivity index (χ3n) is 3.23. The summed E-state index contributed by atoms with van der Waals surface area (Å²) in [7, 11) is -43.8.